The summed E-state index contributed by atoms with van der Waals surface area (Å²) in [6.45, 7) is 9.43. The zero-order valence-electron chi connectivity index (χ0n) is 14.8. The Balaban J connectivity index is 1.91. The van der Waals surface area contributed by atoms with Crippen LogP contribution in [0, 0.1) is 20.8 Å². The molecule has 1 N–H and O–H groups in total. The van der Waals surface area contributed by atoms with Crippen molar-refractivity contribution in [2.75, 3.05) is 31.5 Å². The molecule has 130 valence electrons. The number of benzene rings is 1. The normalized spacial score (nSPS) is 14.5. The third-order valence-corrected chi connectivity index (χ3v) is 4.33. The summed E-state index contributed by atoms with van der Waals surface area (Å²) in [7, 11) is 0. The van der Waals surface area contributed by atoms with Crippen molar-refractivity contribution in [3.8, 4) is 0 Å². The van der Waals surface area contributed by atoms with Gasteiger partial charge in [-0.1, -0.05) is 17.7 Å². The van der Waals surface area contributed by atoms with E-state index in [1.165, 1.54) is 6.92 Å². The van der Waals surface area contributed by atoms with Gasteiger partial charge in [0, 0.05) is 38.8 Å². The maximum Gasteiger partial charge on any atom is 0.233 e. The number of amides is 3. The van der Waals surface area contributed by atoms with Gasteiger partial charge in [0.25, 0.3) is 0 Å². The molecular formula is C18H25N3O3. The van der Waals surface area contributed by atoms with Gasteiger partial charge in [0.2, 0.25) is 17.7 Å². The van der Waals surface area contributed by atoms with Crippen LogP contribution >= 0.6 is 0 Å². The van der Waals surface area contributed by atoms with Crippen LogP contribution in [-0.2, 0) is 14.4 Å². The molecule has 24 heavy (non-hydrogen) atoms. The number of piperazine rings is 1. The van der Waals surface area contributed by atoms with E-state index in [2.05, 4.69) is 5.32 Å². The second-order valence-electron chi connectivity index (χ2n) is 6.39. The molecule has 1 aliphatic heterocycles. The average Bonchev–Trinajstić information content (AvgIpc) is 2.50. The molecule has 0 radical (unpaired) electrons. The van der Waals surface area contributed by atoms with Crippen molar-refractivity contribution in [3.05, 3.63) is 28.8 Å². The van der Waals surface area contributed by atoms with E-state index in [1.807, 2.05) is 32.9 Å². The van der Waals surface area contributed by atoms with Gasteiger partial charge in [0.15, 0.2) is 0 Å². The SMILES string of the molecule is CC(=O)N1CCN(C(=O)CC(=O)Nc2c(C)cc(C)cc2C)CC1. The van der Waals surface area contributed by atoms with E-state index in [1.54, 1.807) is 9.80 Å². The van der Waals surface area contributed by atoms with Crippen LogP contribution in [0.1, 0.15) is 30.0 Å². The number of carbonyl (C=O) groups is 3. The molecule has 1 fully saturated rings. The van der Waals surface area contributed by atoms with Gasteiger partial charge in [-0.25, -0.2) is 0 Å². The van der Waals surface area contributed by atoms with Crippen LogP contribution in [-0.4, -0.2) is 53.7 Å². The van der Waals surface area contributed by atoms with Crippen LogP contribution in [0.3, 0.4) is 0 Å². The molecule has 0 aliphatic carbocycles. The highest BCUT2D eigenvalue weighted by Gasteiger charge is 2.24. The lowest BCUT2D eigenvalue weighted by Gasteiger charge is -2.34. The summed E-state index contributed by atoms with van der Waals surface area (Å²) >= 11 is 0. The molecule has 2 rings (SSSR count). The number of hydrogen-bond donors (Lipinski definition) is 1. The second kappa shape index (κ2) is 7.47. The number of rotatable bonds is 3. The average molecular weight is 331 g/mol. The lowest BCUT2D eigenvalue weighted by atomic mass is 10.0. The number of hydrogen-bond acceptors (Lipinski definition) is 3. The smallest absolute Gasteiger partial charge is 0.233 e. The third kappa shape index (κ3) is 4.34. The van der Waals surface area contributed by atoms with E-state index in [0.29, 0.717) is 26.2 Å². The Kier molecular flexibility index (Phi) is 5.59. The Labute approximate surface area is 142 Å². The molecule has 3 amide bonds. The molecule has 0 spiro atoms. The van der Waals surface area contributed by atoms with Gasteiger partial charge in [-0.15, -0.1) is 0 Å². The quantitative estimate of drug-likeness (QED) is 0.856. The number of aryl methyl sites for hydroxylation is 3. The molecule has 0 saturated carbocycles. The molecule has 1 aromatic carbocycles. The molecule has 0 atom stereocenters. The van der Waals surface area contributed by atoms with Crippen LogP contribution in [0.5, 0.6) is 0 Å². The minimum atomic E-state index is -0.302. The van der Waals surface area contributed by atoms with E-state index in [4.69, 9.17) is 0 Å². The minimum Gasteiger partial charge on any atom is -0.339 e. The first kappa shape index (κ1) is 18.0. The zero-order chi connectivity index (χ0) is 17.9. The largest absolute Gasteiger partial charge is 0.339 e. The first-order valence-electron chi connectivity index (χ1n) is 8.19. The maximum absolute atomic E-state index is 12.3. The van der Waals surface area contributed by atoms with E-state index < -0.39 is 0 Å². The number of nitrogens with one attached hydrogen (secondary N) is 1. The summed E-state index contributed by atoms with van der Waals surface area (Å²) in [5.41, 5.74) is 3.90. The summed E-state index contributed by atoms with van der Waals surface area (Å²) in [4.78, 5) is 39.1. The summed E-state index contributed by atoms with van der Waals surface area (Å²) in [5.74, 6) is -0.479. The predicted octanol–water partition coefficient (Wildman–Crippen LogP) is 1.63. The van der Waals surface area contributed by atoms with Gasteiger partial charge >= 0.3 is 0 Å². The fourth-order valence-corrected chi connectivity index (χ4v) is 3.08. The van der Waals surface area contributed by atoms with E-state index in [9.17, 15) is 14.4 Å². The van der Waals surface area contributed by atoms with Crippen molar-refractivity contribution < 1.29 is 14.4 Å². The van der Waals surface area contributed by atoms with E-state index in [-0.39, 0.29) is 24.1 Å². The summed E-state index contributed by atoms with van der Waals surface area (Å²) in [6, 6.07) is 4.01. The van der Waals surface area contributed by atoms with Gasteiger partial charge in [-0.2, -0.15) is 0 Å². The molecule has 6 heteroatoms. The molecular weight excluding hydrogens is 306 g/mol. The Bertz CT molecular complexity index is 638. The Morgan fingerprint density at radius 3 is 1.96 bits per heavy atom. The topological polar surface area (TPSA) is 69.7 Å². The number of nitrogens with zero attached hydrogens (tertiary/aromatic N) is 2. The van der Waals surface area contributed by atoms with Crippen LogP contribution in [0.15, 0.2) is 12.1 Å². The van der Waals surface area contributed by atoms with Crippen LogP contribution in [0.2, 0.25) is 0 Å². The van der Waals surface area contributed by atoms with Crippen LogP contribution in [0.4, 0.5) is 5.69 Å². The fourth-order valence-electron chi connectivity index (χ4n) is 3.08. The van der Waals surface area contributed by atoms with Crippen molar-refractivity contribution in [2.24, 2.45) is 0 Å². The predicted molar refractivity (Wildman–Crippen MR) is 92.7 cm³/mol. The van der Waals surface area contributed by atoms with Crippen molar-refractivity contribution in [3.63, 3.8) is 0 Å². The van der Waals surface area contributed by atoms with E-state index >= 15 is 0 Å². The molecule has 0 bridgehead atoms. The molecule has 1 saturated heterocycles. The van der Waals surface area contributed by atoms with Gasteiger partial charge in [0.1, 0.15) is 6.42 Å². The highest BCUT2D eigenvalue weighted by Crippen LogP contribution is 2.22. The Morgan fingerprint density at radius 2 is 1.46 bits per heavy atom. The van der Waals surface area contributed by atoms with E-state index in [0.717, 1.165) is 22.4 Å². The molecule has 1 heterocycles. The zero-order valence-corrected chi connectivity index (χ0v) is 14.8. The van der Waals surface area contributed by atoms with Gasteiger partial charge < -0.3 is 15.1 Å². The second-order valence-corrected chi connectivity index (χ2v) is 6.39. The Hall–Kier alpha value is -2.37. The first-order chi connectivity index (χ1) is 11.3. The van der Waals surface area contributed by atoms with Crippen LogP contribution in [0.25, 0.3) is 0 Å². The summed E-state index contributed by atoms with van der Waals surface area (Å²) in [6.07, 6.45) is -0.174. The monoisotopic (exact) mass is 331 g/mol. The number of carbonyl (C=O) groups excluding carboxylic acids is 3. The molecule has 0 aromatic heterocycles. The van der Waals surface area contributed by atoms with Crippen molar-refractivity contribution in [1.82, 2.24) is 9.80 Å². The standard InChI is InChI=1S/C18H25N3O3/c1-12-9-13(2)18(14(3)10-12)19-16(23)11-17(24)21-7-5-20(6-8-21)15(4)22/h9-10H,5-8,11H2,1-4H3,(H,19,23). The minimum absolute atomic E-state index is 0.0187. The highest BCUT2D eigenvalue weighted by atomic mass is 16.2. The molecule has 1 aliphatic rings. The summed E-state index contributed by atoms with van der Waals surface area (Å²) < 4.78 is 0. The highest BCUT2D eigenvalue weighted by molar-refractivity contribution is 6.04. The first-order valence-corrected chi connectivity index (χ1v) is 8.19. The molecule has 1 aromatic rings. The van der Waals surface area contributed by atoms with Crippen molar-refractivity contribution in [1.29, 1.82) is 0 Å². The van der Waals surface area contributed by atoms with Crippen molar-refractivity contribution in [2.45, 2.75) is 34.1 Å². The lowest BCUT2D eigenvalue weighted by molar-refractivity contribution is -0.140. The van der Waals surface area contributed by atoms with Gasteiger partial charge in [0.05, 0.1) is 0 Å². The maximum atomic E-state index is 12.3. The molecule has 0 unspecified atom stereocenters. The lowest BCUT2D eigenvalue weighted by Crippen LogP contribution is -2.50. The third-order valence-electron chi connectivity index (χ3n) is 4.33. The van der Waals surface area contributed by atoms with Gasteiger partial charge in [-0.3, -0.25) is 14.4 Å². The summed E-state index contributed by atoms with van der Waals surface area (Å²) in [5, 5.41) is 2.85. The van der Waals surface area contributed by atoms with Crippen LogP contribution < -0.4 is 5.32 Å². The van der Waals surface area contributed by atoms with Gasteiger partial charge in [-0.05, 0) is 31.9 Å². The fraction of sp³-hybridized carbons (Fsp3) is 0.500. The van der Waals surface area contributed by atoms with Crippen molar-refractivity contribution >= 4 is 23.4 Å². The number of anilines is 1. The Morgan fingerprint density at radius 1 is 0.958 bits per heavy atom. The molecule has 6 nitrogen and oxygen atoms in total.